The van der Waals surface area contributed by atoms with Gasteiger partial charge in [0, 0.05) is 0 Å². The van der Waals surface area contributed by atoms with E-state index in [2.05, 4.69) is 194 Å². The van der Waals surface area contributed by atoms with E-state index >= 15 is 0 Å². The Balaban J connectivity index is 1.15. The number of hydrogen-bond acceptors (Lipinski definition) is 0. The fraction of sp³-hybridized carbons (Fsp3) is 0.0385. The van der Waals surface area contributed by atoms with Crippen LogP contribution < -0.4 is 0 Å². The Morgan fingerprint density at radius 2 is 0.827 bits per heavy atom. The van der Waals surface area contributed by atoms with E-state index in [0.29, 0.717) is 0 Å². The van der Waals surface area contributed by atoms with E-state index in [1.165, 1.54) is 98.4 Å². The third kappa shape index (κ3) is 5.15. The van der Waals surface area contributed by atoms with Gasteiger partial charge in [-0.05, 0) is 117 Å². The van der Waals surface area contributed by atoms with E-state index in [1.807, 2.05) is 0 Å². The average Bonchev–Trinajstić information content (AvgIpc) is 3.21. The van der Waals surface area contributed by atoms with Crippen molar-refractivity contribution in [2.45, 2.75) is 12.8 Å². The SMILES string of the molecule is c1ccc(-c2ccc3cccc(-c4c5ccccc5c(Cc5ccccc5Cc5cc6ccccc6c6ccccc56)c5ccccc45)c3c2)cc1. The fourth-order valence-corrected chi connectivity index (χ4v) is 8.58. The van der Waals surface area contributed by atoms with Gasteiger partial charge in [-0.25, -0.2) is 0 Å². The number of fused-ring (bicyclic) bond motifs is 6. The van der Waals surface area contributed by atoms with Crippen LogP contribution in [0, 0.1) is 0 Å². The summed E-state index contributed by atoms with van der Waals surface area (Å²) in [7, 11) is 0. The van der Waals surface area contributed by atoms with Crippen molar-refractivity contribution < 1.29 is 0 Å². The van der Waals surface area contributed by atoms with Crippen molar-refractivity contribution in [3.63, 3.8) is 0 Å². The van der Waals surface area contributed by atoms with Gasteiger partial charge in [0.05, 0.1) is 0 Å². The minimum Gasteiger partial charge on any atom is -0.0622 e. The molecule has 0 spiro atoms. The molecule has 0 N–H and O–H groups in total. The highest BCUT2D eigenvalue weighted by molar-refractivity contribution is 6.19. The van der Waals surface area contributed by atoms with Gasteiger partial charge in [-0.3, -0.25) is 0 Å². The number of benzene rings is 10. The van der Waals surface area contributed by atoms with Crippen LogP contribution in [0.15, 0.2) is 194 Å². The molecule has 0 aliphatic carbocycles. The first kappa shape index (κ1) is 30.3. The topological polar surface area (TPSA) is 0 Å². The van der Waals surface area contributed by atoms with Gasteiger partial charge in [0.15, 0.2) is 0 Å². The van der Waals surface area contributed by atoms with Gasteiger partial charge in [-0.2, -0.15) is 0 Å². The molecule has 0 fully saturated rings. The molecule has 0 nitrogen and oxygen atoms in total. The molecule has 0 amide bonds. The predicted molar refractivity (Wildman–Crippen MR) is 223 cm³/mol. The summed E-state index contributed by atoms with van der Waals surface area (Å²) in [6.45, 7) is 0. The van der Waals surface area contributed by atoms with Crippen LogP contribution in [-0.2, 0) is 12.8 Å². The van der Waals surface area contributed by atoms with Gasteiger partial charge in [-0.1, -0.05) is 188 Å². The van der Waals surface area contributed by atoms with Crippen LogP contribution in [0.3, 0.4) is 0 Å². The van der Waals surface area contributed by atoms with Crippen LogP contribution in [0.25, 0.3) is 76.1 Å². The Bertz CT molecular complexity index is 2890. The fourth-order valence-electron chi connectivity index (χ4n) is 8.58. The maximum Gasteiger partial charge on any atom is -0.00106 e. The lowest BCUT2D eigenvalue weighted by atomic mass is 9.83. The molecule has 0 unspecified atom stereocenters. The molecule has 0 atom stereocenters. The Labute approximate surface area is 304 Å². The van der Waals surface area contributed by atoms with Gasteiger partial charge in [0.1, 0.15) is 0 Å². The summed E-state index contributed by atoms with van der Waals surface area (Å²) >= 11 is 0. The molecule has 0 saturated heterocycles. The summed E-state index contributed by atoms with van der Waals surface area (Å²) < 4.78 is 0. The third-order valence-corrected chi connectivity index (χ3v) is 11.0. The number of hydrogen-bond donors (Lipinski definition) is 0. The summed E-state index contributed by atoms with van der Waals surface area (Å²) in [5.74, 6) is 0. The zero-order valence-corrected chi connectivity index (χ0v) is 28.9. The summed E-state index contributed by atoms with van der Waals surface area (Å²) in [4.78, 5) is 0. The maximum absolute atomic E-state index is 2.40. The Kier molecular flexibility index (Phi) is 7.40. The normalized spacial score (nSPS) is 11.6. The highest BCUT2D eigenvalue weighted by Gasteiger charge is 2.19. The molecule has 10 aromatic carbocycles. The van der Waals surface area contributed by atoms with Crippen LogP contribution >= 0.6 is 0 Å². The third-order valence-electron chi connectivity index (χ3n) is 11.0. The molecule has 0 aliphatic heterocycles. The Morgan fingerprint density at radius 1 is 0.269 bits per heavy atom. The summed E-state index contributed by atoms with van der Waals surface area (Å²) in [5, 5.41) is 13.0. The van der Waals surface area contributed by atoms with Gasteiger partial charge in [0.25, 0.3) is 0 Å². The largest absolute Gasteiger partial charge is 0.0622 e. The highest BCUT2D eigenvalue weighted by atomic mass is 14.2. The summed E-state index contributed by atoms with van der Waals surface area (Å²) in [5.41, 5.74) is 10.6. The molecule has 10 aromatic rings. The molecule has 0 heteroatoms. The van der Waals surface area contributed by atoms with E-state index in [0.717, 1.165) is 12.8 Å². The van der Waals surface area contributed by atoms with Gasteiger partial charge in [-0.15, -0.1) is 0 Å². The lowest BCUT2D eigenvalue weighted by Gasteiger charge is -2.20. The standard InChI is InChI=1S/C52H36/c1-2-15-35(16-3-1)39-30-29-36-20-14-28-49(50(36)33-39)52-47-26-12-10-24-45(47)51(46-25-11-13-27-48(46)52)34-38-18-5-4-17-37(38)31-41-32-40-19-6-7-21-42(40)44-23-9-8-22-43(41)44/h1-30,32-33H,31,34H2. The molecule has 244 valence electrons. The monoisotopic (exact) mass is 660 g/mol. The zero-order valence-electron chi connectivity index (χ0n) is 28.9. The van der Waals surface area contributed by atoms with Crippen LogP contribution in [0.1, 0.15) is 22.3 Å². The Morgan fingerprint density at radius 3 is 1.56 bits per heavy atom. The first-order chi connectivity index (χ1) is 25.8. The molecule has 0 aliphatic rings. The van der Waals surface area contributed by atoms with Crippen molar-refractivity contribution in [2.24, 2.45) is 0 Å². The van der Waals surface area contributed by atoms with Crippen molar-refractivity contribution in [2.75, 3.05) is 0 Å². The van der Waals surface area contributed by atoms with Crippen molar-refractivity contribution in [3.05, 3.63) is 216 Å². The van der Waals surface area contributed by atoms with Crippen molar-refractivity contribution in [1.82, 2.24) is 0 Å². The van der Waals surface area contributed by atoms with Crippen LogP contribution in [-0.4, -0.2) is 0 Å². The van der Waals surface area contributed by atoms with Crippen LogP contribution in [0.2, 0.25) is 0 Å². The first-order valence-electron chi connectivity index (χ1n) is 18.3. The van der Waals surface area contributed by atoms with E-state index in [9.17, 15) is 0 Å². The van der Waals surface area contributed by atoms with Gasteiger partial charge < -0.3 is 0 Å². The minimum atomic E-state index is 0.858. The summed E-state index contributed by atoms with van der Waals surface area (Å²) in [6.07, 6.45) is 1.74. The van der Waals surface area contributed by atoms with E-state index < -0.39 is 0 Å². The molecule has 10 rings (SSSR count). The van der Waals surface area contributed by atoms with Gasteiger partial charge in [0.2, 0.25) is 0 Å². The van der Waals surface area contributed by atoms with Gasteiger partial charge >= 0.3 is 0 Å². The quantitative estimate of drug-likeness (QED) is 0.123. The van der Waals surface area contributed by atoms with Crippen molar-refractivity contribution >= 4 is 53.9 Å². The zero-order chi connectivity index (χ0) is 34.4. The van der Waals surface area contributed by atoms with Crippen LogP contribution in [0.4, 0.5) is 0 Å². The predicted octanol–water partition coefficient (Wildman–Crippen LogP) is 14.0. The molecule has 0 aromatic heterocycles. The molecule has 52 heavy (non-hydrogen) atoms. The smallest absolute Gasteiger partial charge is 0.00106 e. The van der Waals surface area contributed by atoms with E-state index in [4.69, 9.17) is 0 Å². The lowest BCUT2D eigenvalue weighted by Crippen LogP contribution is -2.00. The van der Waals surface area contributed by atoms with Crippen LogP contribution in [0.5, 0.6) is 0 Å². The highest BCUT2D eigenvalue weighted by Crippen LogP contribution is 2.43. The van der Waals surface area contributed by atoms with Crippen molar-refractivity contribution in [3.8, 4) is 22.3 Å². The molecular weight excluding hydrogens is 625 g/mol. The molecule has 0 bridgehead atoms. The van der Waals surface area contributed by atoms with Crippen molar-refractivity contribution in [1.29, 1.82) is 0 Å². The lowest BCUT2D eigenvalue weighted by molar-refractivity contribution is 1.11. The Hall–Kier alpha value is -6.50. The van der Waals surface area contributed by atoms with E-state index in [-0.39, 0.29) is 0 Å². The minimum absolute atomic E-state index is 0.858. The molecule has 0 saturated carbocycles. The molecule has 0 radical (unpaired) electrons. The number of rotatable bonds is 6. The second-order valence-corrected chi connectivity index (χ2v) is 14.0. The first-order valence-corrected chi connectivity index (χ1v) is 18.3. The average molecular weight is 661 g/mol. The molecular formula is C52H36. The molecule has 0 heterocycles. The van der Waals surface area contributed by atoms with E-state index in [1.54, 1.807) is 0 Å². The maximum atomic E-state index is 2.40. The second kappa shape index (κ2) is 12.7. The second-order valence-electron chi connectivity index (χ2n) is 14.0. The summed E-state index contributed by atoms with van der Waals surface area (Å²) in [6, 6.07) is 71.7.